The predicted octanol–water partition coefficient (Wildman–Crippen LogP) is 1.67. The van der Waals surface area contributed by atoms with Gasteiger partial charge in [0, 0.05) is 5.75 Å². The fourth-order valence-corrected chi connectivity index (χ4v) is 2.05. The highest BCUT2D eigenvalue weighted by molar-refractivity contribution is 7.99. The van der Waals surface area contributed by atoms with Crippen LogP contribution in [0.15, 0.2) is 9.95 Å². The smallest absolute Gasteiger partial charge is 0.395 e. The normalized spacial score (nSPS) is 10.4. The van der Waals surface area contributed by atoms with Crippen molar-refractivity contribution < 1.29 is 10.0 Å². The Morgan fingerprint density at radius 2 is 2.24 bits per heavy atom. The van der Waals surface area contributed by atoms with Crippen LogP contribution >= 0.6 is 11.8 Å². The van der Waals surface area contributed by atoms with Gasteiger partial charge in [0.15, 0.2) is 5.16 Å². The third-order valence-electron chi connectivity index (χ3n) is 2.02. The molecule has 0 aliphatic carbocycles. The first-order valence-electron chi connectivity index (χ1n) is 5.16. The Bertz CT molecular complexity index is 460. The summed E-state index contributed by atoms with van der Waals surface area (Å²) in [5.41, 5.74) is -1.94. The molecule has 0 saturated heterocycles. The molecule has 1 aromatic heterocycles. The zero-order chi connectivity index (χ0) is 12.8. The number of rotatable bonds is 6. The van der Waals surface area contributed by atoms with Crippen molar-refractivity contribution in [3.05, 3.63) is 20.5 Å². The van der Waals surface area contributed by atoms with Gasteiger partial charge in [-0.1, -0.05) is 31.5 Å². The fourth-order valence-electron chi connectivity index (χ4n) is 1.19. The molecular weight excluding hydrogens is 246 g/mol. The van der Waals surface area contributed by atoms with Crippen molar-refractivity contribution >= 4 is 17.4 Å². The number of nitro groups is 1. The van der Waals surface area contributed by atoms with Crippen LogP contribution in [0.3, 0.4) is 0 Å². The standard InChI is InChI=1S/C9H13N3O4S/c1-2-3-4-5-17-9-10-7(13)6(12(15)16)8(14)11-9/h2-5H2,1H3,(H2,10,11,13,14). The minimum atomic E-state index is -1.02. The Kier molecular flexibility index (Phi) is 4.95. The Hall–Kier alpha value is -1.57. The van der Waals surface area contributed by atoms with Gasteiger partial charge in [-0.05, 0) is 6.42 Å². The monoisotopic (exact) mass is 259 g/mol. The maximum absolute atomic E-state index is 11.2. The Labute approximate surface area is 101 Å². The molecule has 94 valence electrons. The quantitative estimate of drug-likeness (QED) is 0.264. The Morgan fingerprint density at radius 1 is 1.53 bits per heavy atom. The van der Waals surface area contributed by atoms with Gasteiger partial charge < -0.3 is 5.11 Å². The van der Waals surface area contributed by atoms with Crippen LogP contribution in [0.5, 0.6) is 5.88 Å². The molecular formula is C9H13N3O4S. The van der Waals surface area contributed by atoms with Gasteiger partial charge >= 0.3 is 11.2 Å². The molecule has 0 saturated carbocycles. The number of H-pyrrole nitrogens is 1. The first-order valence-corrected chi connectivity index (χ1v) is 6.15. The highest BCUT2D eigenvalue weighted by Gasteiger charge is 2.21. The highest BCUT2D eigenvalue weighted by Crippen LogP contribution is 2.21. The van der Waals surface area contributed by atoms with Gasteiger partial charge in [-0.15, -0.1) is 0 Å². The van der Waals surface area contributed by atoms with Crippen LogP contribution in [0.4, 0.5) is 5.69 Å². The van der Waals surface area contributed by atoms with E-state index in [9.17, 15) is 20.0 Å². The van der Waals surface area contributed by atoms with E-state index in [0.717, 1.165) is 25.0 Å². The minimum absolute atomic E-state index is 0.203. The largest absolute Gasteiger partial charge is 0.490 e. The van der Waals surface area contributed by atoms with Crippen molar-refractivity contribution in [1.29, 1.82) is 0 Å². The van der Waals surface area contributed by atoms with Gasteiger partial charge in [0.05, 0.1) is 4.92 Å². The Morgan fingerprint density at radius 3 is 2.76 bits per heavy atom. The zero-order valence-corrected chi connectivity index (χ0v) is 10.1. The summed E-state index contributed by atoms with van der Waals surface area (Å²) in [6.07, 6.45) is 3.11. The van der Waals surface area contributed by atoms with E-state index >= 15 is 0 Å². The molecule has 7 nitrogen and oxygen atoms in total. The lowest BCUT2D eigenvalue weighted by Crippen LogP contribution is -2.13. The van der Waals surface area contributed by atoms with E-state index in [1.165, 1.54) is 11.8 Å². The predicted molar refractivity (Wildman–Crippen MR) is 63.4 cm³/mol. The second-order valence-electron chi connectivity index (χ2n) is 3.36. The van der Waals surface area contributed by atoms with E-state index in [4.69, 9.17) is 0 Å². The molecule has 1 rings (SSSR count). The summed E-state index contributed by atoms with van der Waals surface area (Å²) in [6, 6.07) is 0. The SMILES string of the molecule is CCCCCSc1nc(=O)c([N+](=O)[O-])c(O)[nH]1. The summed E-state index contributed by atoms with van der Waals surface area (Å²) in [6.45, 7) is 2.07. The maximum Gasteiger partial charge on any atom is 0.395 e. The third-order valence-corrected chi connectivity index (χ3v) is 2.98. The van der Waals surface area contributed by atoms with E-state index in [0.29, 0.717) is 0 Å². The number of hydrogen-bond acceptors (Lipinski definition) is 6. The average molecular weight is 259 g/mol. The number of hydrogen-bond donors (Lipinski definition) is 2. The molecule has 0 radical (unpaired) electrons. The molecule has 0 aliphatic heterocycles. The van der Waals surface area contributed by atoms with Gasteiger partial charge in [-0.2, -0.15) is 4.98 Å². The molecule has 0 bridgehead atoms. The molecule has 1 heterocycles. The molecule has 0 aliphatic rings. The lowest BCUT2D eigenvalue weighted by molar-refractivity contribution is -0.387. The molecule has 0 fully saturated rings. The first kappa shape index (κ1) is 13.5. The number of thioether (sulfide) groups is 1. The fraction of sp³-hybridized carbons (Fsp3) is 0.556. The van der Waals surface area contributed by atoms with Crippen molar-refractivity contribution in [3.8, 4) is 5.88 Å². The van der Waals surface area contributed by atoms with E-state index in [1.807, 2.05) is 0 Å². The number of nitrogens with zero attached hydrogens (tertiary/aromatic N) is 2. The van der Waals surface area contributed by atoms with E-state index < -0.39 is 22.0 Å². The summed E-state index contributed by atoms with van der Waals surface area (Å²) in [5.74, 6) is 0.00148. The van der Waals surface area contributed by atoms with Crippen molar-refractivity contribution in [2.75, 3.05) is 5.75 Å². The number of unbranched alkanes of at least 4 members (excludes halogenated alkanes) is 2. The Balaban J connectivity index is 2.77. The van der Waals surface area contributed by atoms with E-state index in [2.05, 4.69) is 16.9 Å². The molecule has 1 aromatic rings. The van der Waals surface area contributed by atoms with Crippen molar-refractivity contribution in [1.82, 2.24) is 9.97 Å². The van der Waals surface area contributed by atoms with Crippen molar-refractivity contribution in [2.45, 2.75) is 31.3 Å². The highest BCUT2D eigenvalue weighted by atomic mass is 32.2. The van der Waals surface area contributed by atoms with Crippen LogP contribution in [0, 0.1) is 10.1 Å². The molecule has 2 N–H and O–H groups in total. The van der Waals surface area contributed by atoms with E-state index in [-0.39, 0.29) is 5.16 Å². The summed E-state index contributed by atoms with van der Waals surface area (Å²) in [7, 11) is 0. The number of aromatic hydroxyl groups is 1. The van der Waals surface area contributed by atoms with Crippen LogP contribution in [0.2, 0.25) is 0 Å². The number of nitrogens with one attached hydrogen (secondary N) is 1. The van der Waals surface area contributed by atoms with Crippen LogP contribution in [-0.4, -0.2) is 25.8 Å². The van der Waals surface area contributed by atoms with Crippen LogP contribution in [0.1, 0.15) is 26.2 Å². The maximum atomic E-state index is 11.2. The summed E-state index contributed by atoms with van der Waals surface area (Å²) >= 11 is 1.26. The lowest BCUT2D eigenvalue weighted by atomic mass is 10.3. The van der Waals surface area contributed by atoms with E-state index in [1.54, 1.807) is 0 Å². The van der Waals surface area contributed by atoms with Gasteiger partial charge in [-0.25, -0.2) is 0 Å². The molecule has 17 heavy (non-hydrogen) atoms. The third kappa shape index (κ3) is 3.74. The number of aromatic amines is 1. The van der Waals surface area contributed by atoms with Gasteiger partial charge in [0.2, 0.25) is 0 Å². The van der Waals surface area contributed by atoms with Gasteiger partial charge in [-0.3, -0.25) is 19.9 Å². The molecule has 0 spiro atoms. The molecule has 0 aromatic carbocycles. The first-order chi connectivity index (χ1) is 8.06. The van der Waals surface area contributed by atoms with Crippen molar-refractivity contribution in [2.24, 2.45) is 0 Å². The molecule has 0 unspecified atom stereocenters. The van der Waals surface area contributed by atoms with Gasteiger partial charge in [0.1, 0.15) is 0 Å². The topological polar surface area (TPSA) is 109 Å². The van der Waals surface area contributed by atoms with Crippen molar-refractivity contribution in [3.63, 3.8) is 0 Å². The summed E-state index contributed by atoms with van der Waals surface area (Å²) < 4.78 is 0. The molecule has 8 heteroatoms. The summed E-state index contributed by atoms with van der Waals surface area (Å²) in [5, 5.41) is 19.9. The summed E-state index contributed by atoms with van der Waals surface area (Å²) in [4.78, 5) is 26.6. The van der Waals surface area contributed by atoms with Crippen LogP contribution in [0.25, 0.3) is 0 Å². The minimum Gasteiger partial charge on any atom is -0.490 e. The average Bonchev–Trinajstić information content (AvgIpc) is 2.23. The van der Waals surface area contributed by atoms with Gasteiger partial charge in [0.25, 0.3) is 5.88 Å². The lowest BCUT2D eigenvalue weighted by Gasteiger charge is -2.01. The van der Waals surface area contributed by atoms with Crippen LogP contribution in [-0.2, 0) is 0 Å². The molecule has 0 amide bonds. The van der Waals surface area contributed by atoms with Crippen LogP contribution < -0.4 is 5.56 Å². The second-order valence-corrected chi connectivity index (χ2v) is 4.44. The molecule has 0 atom stereocenters. The second kappa shape index (κ2) is 6.24. The number of aromatic nitrogens is 2. The zero-order valence-electron chi connectivity index (χ0n) is 9.30.